The molecule has 0 aromatic heterocycles. The molecule has 102 valence electrons. The standard InChI is InChI=1S/C7H5F9O/c1-3(2-17)4(8,9)5(10,11)6(12,13)7(14,15)16/h2-3H,1H3. The molecule has 1 atom stereocenters. The van der Waals surface area contributed by atoms with Gasteiger partial charge in [-0.1, -0.05) is 0 Å². The largest absolute Gasteiger partial charge is 0.460 e. The van der Waals surface area contributed by atoms with Crippen molar-refractivity contribution >= 4 is 6.29 Å². The Hall–Kier alpha value is -0.960. The van der Waals surface area contributed by atoms with Gasteiger partial charge in [-0.2, -0.15) is 39.5 Å². The lowest BCUT2D eigenvalue weighted by Gasteiger charge is -2.35. The van der Waals surface area contributed by atoms with Gasteiger partial charge in [-0.25, -0.2) is 0 Å². The Labute approximate surface area is 88.6 Å². The van der Waals surface area contributed by atoms with E-state index in [0.29, 0.717) is 0 Å². The number of rotatable bonds is 4. The minimum Gasteiger partial charge on any atom is -0.303 e. The molecule has 0 heterocycles. The van der Waals surface area contributed by atoms with Crippen molar-refractivity contribution in [3.05, 3.63) is 0 Å². The maximum atomic E-state index is 12.7. The molecule has 0 saturated heterocycles. The lowest BCUT2D eigenvalue weighted by molar-refractivity contribution is -0.400. The molecule has 10 heteroatoms. The van der Waals surface area contributed by atoms with E-state index in [1.165, 1.54) is 0 Å². The molecule has 0 aromatic carbocycles. The van der Waals surface area contributed by atoms with Gasteiger partial charge in [0.25, 0.3) is 0 Å². The van der Waals surface area contributed by atoms with E-state index in [1.54, 1.807) is 0 Å². The average molecular weight is 276 g/mol. The Morgan fingerprint density at radius 2 is 1.18 bits per heavy atom. The summed E-state index contributed by atoms with van der Waals surface area (Å²) in [4.78, 5) is 9.84. The van der Waals surface area contributed by atoms with Crippen LogP contribution < -0.4 is 0 Å². The Kier molecular flexibility index (Phi) is 3.83. The first-order valence-corrected chi connectivity index (χ1v) is 3.89. The summed E-state index contributed by atoms with van der Waals surface area (Å²) in [6.45, 7) is 0.105. The number of carbonyl (C=O) groups is 1. The van der Waals surface area contributed by atoms with Crippen LogP contribution in [0.25, 0.3) is 0 Å². The molecule has 1 nitrogen and oxygen atoms in total. The SMILES string of the molecule is CC(C=O)C(F)(F)C(F)(F)C(F)(F)C(F)(F)F. The Bertz CT molecular complexity index is 292. The van der Waals surface area contributed by atoms with E-state index in [9.17, 15) is 44.3 Å². The first-order valence-electron chi connectivity index (χ1n) is 3.89. The summed E-state index contributed by atoms with van der Waals surface area (Å²) in [5.41, 5.74) is 0. The van der Waals surface area contributed by atoms with Gasteiger partial charge >= 0.3 is 23.9 Å². The summed E-state index contributed by atoms with van der Waals surface area (Å²) in [6, 6.07) is 0. The molecular weight excluding hydrogens is 271 g/mol. The van der Waals surface area contributed by atoms with Crippen LogP contribution in [0.15, 0.2) is 0 Å². The molecule has 0 spiro atoms. The van der Waals surface area contributed by atoms with Crippen molar-refractivity contribution in [1.82, 2.24) is 0 Å². The Morgan fingerprint density at radius 1 is 0.824 bits per heavy atom. The number of alkyl halides is 9. The van der Waals surface area contributed by atoms with Crippen LogP contribution in [0, 0.1) is 5.92 Å². The smallest absolute Gasteiger partial charge is 0.303 e. The second kappa shape index (κ2) is 4.05. The van der Waals surface area contributed by atoms with E-state index in [4.69, 9.17) is 0 Å². The zero-order valence-electron chi connectivity index (χ0n) is 7.96. The predicted molar refractivity (Wildman–Crippen MR) is 36.1 cm³/mol. The third-order valence-corrected chi connectivity index (χ3v) is 1.94. The third kappa shape index (κ3) is 2.21. The van der Waals surface area contributed by atoms with Crippen LogP contribution in [0.2, 0.25) is 0 Å². The number of carbonyl (C=O) groups excluding carboxylic acids is 1. The minimum absolute atomic E-state index is 0.105. The van der Waals surface area contributed by atoms with E-state index in [-0.39, 0.29) is 6.92 Å². The van der Waals surface area contributed by atoms with Crippen LogP contribution in [-0.4, -0.2) is 30.2 Å². The lowest BCUT2D eigenvalue weighted by atomic mass is 9.94. The highest BCUT2D eigenvalue weighted by Crippen LogP contribution is 2.54. The number of hydrogen-bond acceptors (Lipinski definition) is 1. The zero-order chi connectivity index (χ0) is 14.3. The van der Waals surface area contributed by atoms with Crippen molar-refractivity contribution in [1.29, 1.82) is 0 Å². The van der Waals surface area contributed by atoms with Crippen molar-refractivity contribution in [3.8, 4) is 0 Å². The molecule has 0 aliphatic carbocycles. The van der Waals surface area contributed by atoms with Crippen LogP contribution >= 0.6 is 0 Å². The molecule has 0 bridgehead atoms. The summed E-state index contributed by atoms with van der Waals surface area (Å²) < 4.78 is 110. The fourth-order valence-corrected chi connectivity index (χ4v) is 0.759. The third-order valence-electron chi connectivity index (χ3n) is 1.94. The lowest BCUT2D eigenvalue weighted by Crippen LogP contribution is -2.62. The highest BCUT2D eigenvalue weighted by molar-refractivity contribution is 5.55. The second-order valence-electron chi connectivity index (χ2n) is 3.19. The second-order valence-corrected chi connectivity index (χ2v) is 3.19. The summed E-state index contributed by atoms with van der Waals surface area (Å²) in [5.74, 6) is -22.5. The number of aldehydes is 1. The predicted octanol–water partition coefficient (Wildman–Crippen LogP) is 3.29. The van der Waals surface area contributed by atoms with Gasteiger partial charge in [-0.3, -0.25) is 0 Å². The highest BCUT2D eigenvalue weighted by atomic mass is 19.4. The topological polar surface area (TPSA) is 17.1 Å². The molecule has 0 aliphatic heterocycles. The van der Waals surface area contributed by atoms with Gasteiger partial charge in [0, 0.05) is 0 Å². The summed E-state index contributed by atoms with van der Waals surface area (Å²) in [7, 11) is 0. The van der Waals surface area contributed by atoms with Crippen LogP contribution in [0.3, 0.4) is 0 Å². The van der Waals surface area contributed by atoms with Gasteiger partial charge in [0.05, 0.1) is 5.92 Å². The molecule has 0 aliphatic rings. The van der Waals surface area contributed by atoms with Crippen molar-refractivity contribution < 1.29 is 44.3 Å². The van der Waals surface area contributed by atoms with Gasteiger partial charge in [0.2, 0.25) is 0 Å². The zero-order valence-corrected chi connectivity index (χ0v) is 7.96. The summed E-state index contributed by atoms with van der Waals surface area (Å²) in [5, 5.41) is 0. The fourth-order valence-electron chi connectivity index (χ4n) is 0.759. The molecule has 0 aromatic rings. The van der Waals surface area contributed by atoms with Crippen LogP contribution in [0.4, 0.5) is 39.5 Å². The van der Waals surface area contributed by atoms with Gasteiger partial charge < -0.3 is 4.79 Å². The fraction of sp³-hybridized carbons (Fsp3) is 0.857. The molecule has 1 unspecified atom stereocenters. The molecule has 0 fully saturated rings. The Morgan fingerprint density at radius 3 is 1.41 bits per heavy atom. The van der Waals surface area contributed by atoms with Gasteiger partial charge in [0.15, 0.2) is 0 Å². The summed E-state index contributed by atoms with van der Waals surface area (Å²) in [6.07, 6.45) is -7.69. The molecule has 17 heavy (non-hydrogen) atoms. The van der Waals surface area contributed by atoms with Crippen molar-refractivity contribution in [3.63, 3.8) is 0 Å². The molecule has 0 N–H and O–H groups in total. The van der Waals surface area contributed by atoms with E-state index in [0.717, 1.165) is 0 Å². The minimum atomic E-state index is -6.94. The monoisotopic (exact) mass is 276 g/mol. The van der Waals surface area contributed by atoms with Crippen LogP contribution in [0.1, 0.15) is 6.92 Å². The van der Waals surface area contributed by atoms with Gasteiger partial charge in [-0.15, -0.1) is 0 Å². The van der Waals surface area contributed by atoms with Crippen LogP contribution in [-0.2, 0) is 4.79 Å². The van der Waals surface area contributed by atoms with Crippen LogP contribution in [0.5, 0.6) is 0 Å². The maximum Gasteiger partial charge on any atom is 0.460 e. The van der Waals surface area contributed by atoms with Gasteiger partial charge in [-0.05, 0) is 6.92 Å². The first-order chi connectivity index (χ1) is 7.23. The molecular formula is C7H5F9O. The van der Waals surface area contributed by atoms with E-state index in [2.05, 4.69) is 0 Å². The van der Waals surface area contributed by atoms with E-state index < -0.39 is 36.1 Å². The molecule has 0 saturated carbocycles. The molecule has 0 radical (unpaired) electrons. The normalized spacial score (nSPS) is 16.8. The van der Waals surface area contributed by atoms with Crippen molar-refractivity contribution in [2.75, 3.05) is 0 Å². The van der Waals surface area contributed by atoms with E-state index in [1.807, 2.05) is 0 Å². The van der Waals surface area contributed by atoms with Crippen molar-refractivity contribution in [2.45, 2.75) is 30.9 Å². The molecule has 0 amide bonds. The van der Waals surface area contributed by atoms with Crippen molar-refractivity contribution in [2.24, 2.45) is 5.92 Å². The highest BCUT2D eigenvalue weighted by Gasteiger charge is 2.82. The quantitative estimate of drug-likeness (QED) is 0.569. The average Bonchev–Trinajstić information content (AvgIpc) is 2.13. The van der Waals surface area contributed by atoms with E-state index >= 15 is 0 Å². The van der Waals surface area contributed by atoms with Gasteiger partial charge in [0.1, 0.15) is 6.29 Å². The summed E-state index contributed by atoms with van der Waals surface area (Å²) >= 11 is 0. The number of halogens is 9. The Balaban J connectivity index is 5.63. The maximum absolute atomic E-state index is 12.7. The first kappa shape index (κ1) is 16.0. The number of hydrogen-bond donors (Lipinski definition) is 0. The molecule has 0 rings (SSSR count).